The highest BCUT2D eigenvalue weighted by Crippen LogP contribution is 2.29. The molecule has 1 unspecified atom stereocenters. The molecule has 0 aliphatic rings. The Labute approximate surface area is 206 Å². The lowest BCUT2D eigenvalue weighted by Gasteiger charge is -2.26. The number of hydrogen-bond donors (Lipinski definition) is 1. The quantitative estimate of drug-likeness (QED) is 0.245. The van der Waals surface area contributed by atoms with E-state index in [1.807, 2.05) is 36.4 Å². The van der Waals surface area contributed by atoms with E-state index in [1.54, 1.807) is 0 Å². The predicted molar refractivity (Wildman–Crippen MR) is 144 cm³/mol. The maximum Gasteiger partial charge on any atom is 0.0924 e. The van der Waals surface area contributed by atoms with Crippen LogP contribution in [-0.2, 0) is 0 Å². The molecule has 0 saturated carbocycles. The minimum atomic E-state index is -0.525. The van der Waals surface area contributed by atoms with Gasteiger partial charge in [0.15, 0.2) is 0 Å². The number of benzene rings is 2. The van der Waals surface area contributed by atoms with Crippen LogP contribution in [0.5, 0.6) is 0 Å². The Balaban J connectivity index is 0.00000385. The van der Waals surface area contributed by atoms with Crippen molar-refractivity contribution in [3.63, 3.8) is 0 Å². The molecule has 180 valence electrons. The lowest BCUT2D eigenvalue weighted by molar-refractivity contribution is 0.111. The SMILES string of the molecule is CCCCCCN(CCCCCC)CC(O)c1cc(-c2ccccc2)nc2ccccc12.Cl. The van der Waals surface area contributed by atoms with Gasteiger partial charge in [0.2, 0.25) is 0 Å². The average molecular weight is 469 g/mol. The molecule has 4 heteroatoms. The van der Waals surface area contributed by atoms with Crippen LogP contribution in [0.15, 0.2) is 60.7 Å². The highest BCUT2D eigenvalue weighted by Gasteiger charge is 2.18. The van der Waals surface area contributed by atoms with E-state index in [2.05, 4.69) is 43.0 Å². The molecule has 3 rings (SSSR count). The van der Waals surface area contributed by atoms with Crippen molar-refractivity contribution in [1.82, 2.24) is 9.88 Å². The second-order valence-corrected chi connectivity index (χ2v) is 8.92. The topological polar surface area (TPSA) is 36.4 Å². The molecule has 1 aromatic heterocycles. The molecule has 3 nitrogen and oxygen atoms in total. The fraction of sp³-hybridized carbons (Fsp3) is 0.483. The van der Waals surface area contributed by atoms with E-state index in [4.69, 9.17) is 4.98 Å². The fourth-order valence-corrected chi connectivity index (χ4v) is 4.40. The van der Waals surface area contributed by atoms with Crippen LogP contribution in [0.3, 0.4) is 0 Å². The van der Waals surface area contributed by atoms with Gasteiger partial charge >= 0.3 is 0 Å². The molecule has 2 aromatic carbocycles. The number of hydrogen-bond acceptors (Lipinski definition) is 3. The molecular weight excluding hydrogens is 428 g/mol. The van der Waals surface area contributed by atoms with E-state index in [1.165, 1.54) is 51.4 Å². The molecule has 0 saturated heterocycles. The lowest BCUT2D eigenvalue weighted by atomic mass is 9.99. The van der Waals surface area contributed by atoms with E-state index in [0.717, 1.165) is 40.8 Å². The highest BCUT2D eigenvalue weighted by atomic mass is 35.5. The maximum atomic E-state index is 11.4. The molecule has 1 atom stereocenters. The molecule has 0 aliphatic heterocycles. The summed E-state index contributed by atoms with van der Waals surface area (Å²) in [5.74, 6) is 0. The van der Waals surface area contributed by atoms with Gasteiger partial charge in [0.05, 0.1) is 17.3 Å². The third-order valence-corrected chi connectivity index (χ3v) is 6.26. The molecule has 3 aromatic rings. The van der Waals surface area contributed by atoms with Gasteiger partial charge in [0.1, 0.15) is 0 Å². The van der Waals surface area contributed by atoms with Crippen LogP contribution in [0.4, 0.5) is 0 Å². The normalized spacial score (nSPS) is 12.1. The summed E-state index contributed by atoms with van der Waals surface area (Å²) in [6, 6.07) is 20.6. The van der Waals surface area contributed by atoms with Crippen molar-refractivity contribution in [2.24, 2.45) is 0 Å². The first-order valence-electron chi connectivity index (χ1n) is 12.6. The Morgan fingerprint density at radius 2 is 1.39 bits per heavy atom. The van der Waals surface area contributed by atoms with Crippen LogP contribution in [0.1, 0.15) is 76.9 Å². The first-order valence-corrected chi connectivity index (χ1v) is 12.6. The average Bonchev–Trinajstić information content (AvgIpc) is 2.84. The second kappa shape index (κ2) is 15.1. The van der Waals surface area contributed by atoms with Crippen LogP contribution < -0.4 is 0 Å². The zero-order chi connectivity index (χ0) is 22.6. The number of aliphatic hydroxyl groups is 1. The summed E-state index contributed by atoms with van der Waals surface area (Å²) in [6.45, 7) is 7.33. The van der Waals surface area contributed by atoms with Crippen molar-refractivity contribution < 1.29 is 5.11 Å². The number of fused-ring (bicyclic) bond motifs is 1. The molecule has 0 aliphatic carbocycles. The van der Waals surface area contributed by atoms with Gasteiger partial charge < -0.3 is 10.0 Å². The number of nitrogens with zero attached hydrogens (tertiary/aromatic N) is 2. The smallest absolute Gasteiger partial charge is 0.0924 e. The molecular formula is C29H41ClN2O. The van der Waals surface area contributed by atoms with Gasteiger partial charge in [-0.15, -0.1) is 12.4 Å². The number of para-hydroxylation sites is 1. The third kappa shape index (κ3) is 8.41. The van der Waals surface area contributed by atoms with E-state index < -0.39 is 6.10 Å². The van der Waals surface area contributed by atoms with Gasteiger partial charge in [-0.05, 0) is 43.6 Å². The zero-order valence-electron chi connectivity index (χ0n) is 20.4. The van der Waals surface area contributed by atoms with Crippen LogP contribution >= 0.6 is 12.4 Å². The summed E-state index contributed by atoms with van der Waals surface area (Å²) >= 11 is 0. The summed E-state index contributed by atoms with van der Waals surface area (Å²) in [7, 11) is 0. The summed E-state index contributed by atoms with van der Waals surface area (Å²) < 4.78 is 0. The van der Waals surface area contributed by atoms with Crippen molar-refractivity contribution in [1.29, 1.82) is 0 Å². The first kappa shape index (κ1) is 27.3. The largest absolute Gasteiger partial charge is 0.387 e. The van der Waals surface area contributed by atoms with E-state index in [-0.39, 0.29) is 12.4 Å². The number of halogens is 1. The summed E-state index contributed by atoms with van der Waals surface area (Å²) in [4.78, 5) is 7.36. The van der Waals surface area contributed by atoms with E-state index >= 15 is 0 Å². The number of unbranched alkanes of at least 4 members (excludes halogenated alkanes) is 6. The van der Waals surface area contributed by atoms with Crippen LogP contribution in [0, 0.1) is 0 Å². The predicted octanol–water partition coefficient (Wildman–Crippen LogP) is 7.82. The monoisotopic (exact) mass is 468 g/mol. The van der Waals surface area contributed by atoms with Crippen molar-refractivity contribution in [3.8, 4) is 11.3 Å². The Kier molecular flexibility index (Phi) is 12.5. The summed E-state index contributed by atoms with van der Waals surface area (Å²) in [5, 5.41) is 12.4. The Bertz CT molecular complexity index is 919. The Morgan fingerprint density at radius 1 is 0.788 bits per heavy atom. The Morgan fingerprint density at radius 3 is 2.03 bits per heavy atom. The molecule has 33 heavy (non-hydrogen) atoms. The van der Waals surface area contributed by atoms with Gasteiger partial charge in [-0.3, -0.25) is 0 Å². The van der Waals surface area contributed by atoms with Crippen molar-refractivity contribution in [2.45, 2.75) is 71.3 Å². The maximum absolute atomic E-state index is 11.4. The minimum absolute atomic E-state index is 0. The number of aliphatic hydroxyl groups excluding tert-OH is 1. The van der Waals surface area contributed by atoms with E-state index in [9.17, 15) is 5.11 Å². The standard InChI is InChI=1S/C29H40N2O.ClH/c1-3-5-7-14-20-31(21-15-8-6-4-2)23-29(32)26-22-28(24-16-10-9-11-17-24)30-27-19-13-12-18-25(26)27;/h9-13,16-19,22,29,32H,3-8,14-15,20-21,23H2,1-2H3;1H. The summed E-state index contributed by atoms with van der Waals surface area (Å²) in [6.07, 6.45) is 9.53. The van der Waals surface area contributed by atoms with Crippen LogP contribution in [-0.4, -0.2) is 34.6 Å². The van der Waals surface area contributed by atoms with Crippen LogP contribution in [0.2, 0.25) is 0 Å². The molecule has 0 radical (unpaired) electrons. The number of pyridine rings is 1. The van der Waals surface area contributed by atoms with Crippen molar-refractivity contribution in [3.05, 3.63) is 66.2 Å². The van der Waals surface area contributed by atoms with Gasteiger partial charge in [0, 0.05) is 17.5 Å². The molecule has 1 heterocycles. The Hall–Kier alpha value is -1.94. The molecule has 1 N–H and O–H groups in total. The van der Waals surface area contributed by atoms with Crippen LogP contribution in [0.25, 0.3) is 22.2 Å². The zero-order valence-corrected chi connectivity index (χ0v) is 21.2. The van der Waals surface area contributed by atoms with Gasteiger partial charge in [-0.2, -0.15) is 0 Å². The number of rotatable bonds is 14. The molecule has 0 amide bonds. The van der Waals surface area contributed by atoms with Gasteiger partial charge in [0.25, 0.3) is 0 Å². The summed E-state index contributed by atoms with van der Waals surface area (Å²) in [5.41, 5.74) is 3.94. The minimum Gasteiger partial charge on any atom is -0.387 e. The molecule has 0 bridgehead atoms. The van der Waals surface area contributed by atoms with Crippen molar-refractivity contribution in [2.75, 3.05) is 19.6 Å². The van der Waals surface area contributed by atoms with E-state index in [0.29, 0.717) is 6.54 Å². The lowest BCUT2D eigenvalue weighted by Crippen LogP contribution is -2.31. The second-order valence-electron chi connectivity index (χ2n) is 8.92. The first-order chi connectivity index (χ1) is 15.7. The van der Waals surface area contributed by atoms with Crippen molar-refractivity contribution >= 4 is 23.3 Å². The third-order valence-electron chi connectivity index (χ3n) is 6.26. The fourth-order valence-electron chi connectivity index (χ4n) is 4.40. The molecule has 0 fully saturated rings. The molecule has 0 spiro atoms. The number of aromatic nitrogens is 1. The highest BCUT2D eigenvalue weighted by molar-refractivity contribution is 5.86. The van der Waals surface area contributed by atoms with Gasteiger partial charge in [-0.1, -0.05) is 101 Å². The van der Waals surface area contributed by atoms with Gasteiger partial charge in [-0.25, -0.2) is 4.98 Å².